The number of rotatable bonds is 24. The molecule has 2 aromatic heterocycles. The Balaban J connectivity index is 1.26. The molecule has 2 aliphatic heterocycles. The Morgan fingerprint density at radius 3 is 2.16 bits per heavy atom. The van der Waals surface area contributed by atoms with Gasteiger partial charge in [-0.3, -0.25) is 34.1 Å². The highest BCUT2D eigenvalue weighted by atomic mass is 32.2. The van der Waals surface area contributed by atoms with E-state index in [1.165, 1.54) is 11.8 Å². The summed E-state index contributed by atoms with van der Waals surface area (Å²) in [4.78, 5) is 114. The molecule has 7 N–H and O–H groups in total. The van der Waals surface area contributed by atoms with E-state index in [0.717, 1.165) is 22.9 Å². The van der Waals surface area contributed by atoms with Crippen LogP contribution in [0.3, 0.4) is 0 Å². The van der Waals surface area contributed by atoms with Crippen LogP contribution in [0.5, 0.6) is 0 Å². The maximum absolute atomic E-state index is 14.0. The van der Waals surface area contributed by atoms with Crippen molar-refractivity contribution in [3.63, 3.8) is 0 Å². The third-order valence-corrected chi connectivity index (χ3v) is 12.6. The van der Waals surface area contributed by atoms with E-state index in [-0.39, 0.29) is 53.2 Å². The average Bonchev–Trinajstić information content (AvgIpc) is 3.30. The molecule has 0 bridgehead atoms. The van der Waals surface area contributed by atoms with Crippen molar-refractivity contribution in [1.82, 2.24) is 46.8 Å². The first-order chi connectivity index (χ1) is 32.9. The molecule has 376 valence electrons. The van der Waals surface area contributed by atoms with Gasteiger partial charge in [-0.15, -0.1) is 0 Å². The van der Waals surface area contributed by atoms with Crippen molar-refractivity contribution in [3.05, 3.63) is 63.4 Å². The van der Waals surface area contributed by atoms with Gasteiger partial charge in [-0.05, 0) is 80.5 Å². The number of ether oxygens (including phenoxy) is 2. The monoisotopic (exact) mass is 975 g/mol. The largest absolute Gasteiger partial charge is 0.458 e. The predicted octanol–water partition coefficient (Wildman–Crippen LogP) is 2.36. The second-order valence-electron chi connectivity index (χ2n) is 18.8. The van der Waals surface area contributed by atoms with E-state index in [0.29, 0.717) is 43.9 Å². The number of aromatic nitrogens is 2. The normalized spacial score (nSPS) is 16.2. The maximum Gasteiger partial charge on any atom is 0.352 e. The molecule has 69 heavy (non-hydrogen) atoms. The molecule has 4 heterocycles. The van der Waals surface area contributed by atoms with E-state index in [1.54, 1.807) is 37.8 Å². The van der Waals surface area contributed by atoms with Gasteiger partial charge in [0.1, 0.15) is 30.8 Å². The minimum Gasteiger partial charge on any atom is -0.458 e. The van der Waals surface area contributed by atoms with Gasteiger partial charge in [0.15, 0.2) is 0 Å². The highest BCUT2D eigenvalue weighted by Crippen LogP contribution is 2.35. The maximum atomic E-state index is 14.0. The van der Waals surface area contributed by atoms with Crippen molar-refractivity contribution in [2.75, 3.05) is 32.3 Å². The van der Waals surface area contributed by atoms with Crippen molar-refractivity contribution < 1.29 is 43.0 Å². The summed E-state index contributed by atoms with van der Waals surface area (Å²) in [6, 6.07) is 6.30. The fraction of sp³-hybridized carbons (Fsp3) is 0.571. The van der Waals surface area contributed by atoms with Crippen LogP contribution < -0.4 is 42.8 Å². The number of para-hydroxylation sites is 1. The summed E-state index contributed by atoms with van der Waals surface area (Å²) in [6.07, 6.45) is 2.50. The third-order valence-electron chi connectivity index (χ3n) is 11.9. The molecule has 0 saturated heterocycles. The van der Waals surface area contributed by atoms with Gasteiger partial charge in [0, 0.05) is 29.9 Å². The lowest BCUT2D eigenvalue weighted by molar-refractivity contribution is -0.173. The number of hydrogen-bond acceptors (Lipinski definition) is 14. The number of carbonyl (C=O) groups is 7. The number of pyridine rings is 2. The number of amides is 5. The van der Waals surface area contributed by atoms with Crippen LogP contribution in [0.4, 0.5) is 0 Å². The number of esters is 2. The fourth-order valence-corrected chi connectivity index (χ4v) is 8.95. The first-order valence-electron chi connectivity index (χ1n) is 23.7. The molecule has 0 fully saturated rings. The SMILES string of the molecule is CCCC(NCNC)C(=O)NC(CC(C)C)C(=O)NCC(=O)NC(CC(C)C)C(=O)NC(CSC)C(=O)NC(C(=O)OC1C(=O)OCc2c1cc1n(c2=O)CCc2cc3ccccc3nc2-1)C(C)C. The molecule has 6 atom stereocenters. The van der Waals surface area contributed by atoms with Crippen molar-refractivity contribution in [3.8, 4) is 11.4 Å². The third kappa shape index (κ3) is 14.1. The summed E-state index contributed by atoms with van der Waals surface area (Å²) in [5, 5.41) is 20.6. The minimum atomic E-state index is -1.61. The molecule has 5 amide bonds. The van der Waals surface area contributed by atoms with Crippen LogP contribution in [0.25, 0.3) is 22.3 Å². The highest BCUT2D eigenvalue weighted by molar-refractivity contribution is 7.98. The number of nitrogens with zero attached hydrogens (tertiary/aromatic N) is 2. The molecule has 2 aliphatic rings. The van der Waals surface area contributed by atoms with Crippen LogP contribution in [-0.4, -0.2) is 114 Å². The predicted molar refractivity (Wildman–Crippen MR) is 262 cm³/mol. The van der Waals surface area contributed by atoms with Crippen molar-refractivity contribution >= 4 is 64.1 Å². The molecule has 0 aliphatic carbocycles. The Morgan fingerprint density at radius 2 is 1.51 bits per heavy atom. The summed E-state index contributed by atoms with van der Waals surface area (Å²) < 4.78 is 12.8. The molecule has 5 rings (SSSR count). The van der Waals surface area contributed by atoms with E-state index in [4.69, 9.17) is 14.5 Å². The van der Waals surface area contributed by atoms with Crippen LogP contribution in [0.15, 0.2) is 41.2 Å². The molecule has 0 saturated carbocycles. The van der Waals surface area contributed by atoms with Crippen molar-refractivity contribution in [1.29, 1.82) is 0 Å². The molecule has 0 radical (unpaired) electrons. The van der Waals surface area contributed by atoms with E-state index in [2.05, 4.69) is 37.2 Å². The second-order valence-corrected chi connectivity index (χ2v) is 19.7. The number of thioether (sulfide) groups is 1. The number of benzene rings is 1. The standard InChI is InChI=1S/C49H69N9O10S/c1-10-13-34(52-25-50-8)44(61)55-35(18-26(2)3)43(60)51-22-39(59)53-36(19-27(4)5)45(62)56-37(24-69-9)46(63)57-40(28(6)7)48(65)68-42-31-21-38-41-30(20-29-14-11-12-15-33(29)54-41)16-17-58(38)47(64)32(31)23-67-49(42)66/h11-12,14-15,20-21,26-28,34-37,40,42,50,52H,10,13,16-19,22-25H2,1-9H3,(H,51,60)(H,53,59)(H,55,61)(H,56,62)(H,57,63). The first-order valence-corrected chi connectivity index (χ1v) is 25.1. The van der Waals surface area contributed by atoms with Gasteiger partial charge in [-0.25, -0.2) is 14.6 Å². The summed E-state index contributed by atoms with van der Waals surface area (Å²) in [7, 11) is 1.75. The number of carbonyl (C=O) groups excluding carboxylic acids is 7. The summed E-state index contributed by atoms with van der Waals surface area (Å²) in [5.41, 5.74) is 2.69. The summed E-state index contributed by atoms with van der Waals surface area (Å²) in [6.45, 7) is 12.8. The zero-order valence-electron chi connectivity index (χ0n) is 41.1. The molecule has 0 spiro atoms. The van der Waals surface area contributed by atoms with Crippen LogP contribution in [0.1, 0.15) is 96.9 Å². The molecular formula is C49H69N9O10S. The molecule has 6 unspecified atom stereocenters. The first kappa shape index (κ1) is 54.1. The van der Waals surface area contributed by atoms with E-state index in [9.17, 15) is 38.4 Å². The van der Waals surface area contributed by atoms with E-state index >= 15 is 0 Å². The van der Waals surface area contributed by atoms with Crippen LogP contribution >= 0.6 is 11.8 Å². The Morgan fingerprint density at radius 1 is 0.855 bits per heavy atom. The Bertz CT molecular complexity index is 2420. The Kier molecular flexibility index (Phi) is 19.7. The van der Waals surface area contributed by atoms with Gasteiger partial charge in [0.25, 0.3) is 5.56 Å². The zero-order chi connectivity index (χ0) is 50.5. The van der Waals surface area contributed by atoms with E-state index < -0.39 is 84.3 Å². The molecule has 1 aromatic carbocycles. The van der Waals surface area contributed by atoms with Crippen LogP contribution in [0, 0.1) is 17.8 Å². The smallest absolute Gasteiger partial charge is 0.352 e. The van der Waals surface area contributed by atoms with E-state index in [1.807, 2.05) is 65.0 Å². The molecule has 20 heteroatoms. The van der Waals surface area contributed by atoms with Gasteiger partial charge in [0.05, 0.1) is 35.1 Å². The number of nitrogens with one attached hydrogen (secondary N) is 7. The van der Waals surface area contributed by atoms with Crippen molar-refractivity contribution in [2.45, 2.75) is 130 Å². The topological polar surface area (TPSA) is 257 Å². The van der Waals surface area contributed by atoms with Gasteiger partial charge in [-0.2, -0.15) is 11.8 Å². The molecular weight excluding hydrogens is 907 g/mol. The number of aryl methyl sites for hydroxylation is 1. The van der Waals surface area contributed by atoms with Gasteiger partial charge in [-0.1, -0.05) is 73.1 Å². The van der Waals surface area contributed by atoms with Gasteiger partial charge < -0.3 is 45.9 Å². The molecule has 3 aromatic rings. The summed E-state index contributed by atoms with van der Waals surface area (Å²) >= 11 is 1.26. The average molecular weight is 976 g/mol. The number of hydrogen-bond donors (Lipinski definition) is 7. The second kappa shape index (κ2) is 25.1. The zero-order valence-corrected chi connectivity index (χ0v) is 41.9. The summed E-state index contributed by atoms with van der Waals surface area (Å²) in [5.74, 6) is -5.27. The van der Waals surface area contributed by atoms with Crippen molar-refractivity contribution in [2.24, 2.45) is 17.8 Å². The fourth-order valence-electron chi connectivity index (χ4n) is 8.38. The lowest BCUT2D eigenvalue weighted by Gasteiger charge is -2.30. The Labute approximate surface area is 407 Å². The Hall–Kier alpha value is -5.86. The van der Waals surface area contributed by atoms with Gasteiger partial charge in [0.2, 0.25) is 35.6 Å². The quantitative estimate of drug-likeness (QED) is 0.0503. The lowest BCUT2D eigenvalue weighted by Crippen LogP contribution is -2.58. The number of fused-ring (bicyclic) bond motifs is 5. The minimum absolute atomic E-state index is 0.0433. The lowest BCUT2D eigenvalue weighted by atomic mass is 9.95. The van der Waals surface area contributed by atoms with Gasteiger partial charge >= 0.3 is 11.9 Å². The highest BCUT2D eigenvalue weighted by Gasteiger charge is 2.40. The van der Waals surface area contributed by atoms with Crippen LogP contribution in [0.2, 0.25) is 0 Å². The number of cyclic esters (lactones) is 1. The molecule has 19 nitrogen and oxygen atoms in total. The van der Waals surface area contributed by atoms with Crippen LogP contribution in [-0.2, 0) is 62.6 Å².